The van der Waals surface area contributed by atoms with Crippen LogP contribution in [0.25, 0.3) is 0 Å². The molecule has 0 aromatic heterocycles. The monoisotopic (exact) mass is 228 g/mol. The second-order valence-electron chi connectivity index (χ2n) is 6.42. The first-order valence-electron chi connectivity index (χ1n) is 7.00. The van der Waals surface area contributed by atoms with Crippen LogP contribution in [0.4, 0.5) is 0 Å². The van der Waals surface area contributed by atoms with Gasteiger partial charge in [-0.3, -0.25) is 0 Å². The van der Waals surface area contributed by atoms with Crippen molar-refractivity contribution in [1.82, 2.24) is 0 Å². The van der Waals surface area contributed by atoms with Crippen molar-refractivity contribution in [2.45, 2.75) is 32.3 Å². The standard InChI is InChI=1S/C16H20O/c1-9-3-2-4-12(7-9)16(17)15-13-10-5-6-11(8-10)14(13)15/h2-4,7,10-11,13-17H,5-6,8H2,1H3. The van der Waals surface area contributed by atoms with Gasteiger partial charge in [0, 0.05) is 0 Å². The molecule has 90 valence electrons. The Morgan fingerprint density at radius 3 is 2.53 bits per heavy atom. The maximum atomic E-state index is 10.6. The second-order valence-corrected chi connectivity index (χ2v) is 6.42. The van der Waals surface area contributed by atoms with Crippen LogP contribution >= 0.6 is 0 Å². The van der Waals surface area contributed by atoms with Crippen molar-refractivity contribution in [3.8, 4) is 0 Å². The molecular formula is C16H20O. The van der Waals surface area contributed by atoms with Crippen LogP contribution in [0.5, 0.6) is 0 Å². The van der Waals surface area contributed by atoms with Crippen LogP contribution in [0.1, 0.15) is 36.5 Å². The molecule has 0 heterocycles. The summed E-state index contributed by atoms with van der Waals surface area (Å²) in [4.78, 5) is 0. The Labute approximate surface area is 103 Å². The van der Waals surface area contributed by atoms with Gasteiger partial charge in [0.05, 0.1) is 6.10 Å². The first kappa shape index (κ1) is 10.1. The molecule has 17 heavy (non-hydrogen) atoms. The highest BCUT2D eigenvalue weighted by Gasteiger charge is 2.66. The Balaban J connectivity index is 1.58. The fourth-order valence-electron chi connectivity index (χ4n) is 4.89. The quantitative estimate of drug-likeness (QED) is 0.823. The van der Waals surface area contributed by atoms with Crippen molar-refractivity contribution in [2.24, 2.45) is 29.6 Å². The highest BCUT2D eigenvalue weighted by molar-refractivity contribution is 5.28. The van der Waals surface area contributed by atoms with Crippen LogP contribution in [-0.2, 0) is 0 Å². The van der Waals surface area contributed by atoms with Crippen molar-refractivity contribution < 1.29 is 5.11 Å². The molecule has 0 spiro atoms. The first-order chi connectivity index (χ1) is 8.25. The minimum atomic E-state index is -0.201. The second kappa shape index (κ2) is 3.35. The van der Waals surface area contributed by atoms with E-state index in [-0.39, 0.29) is 6.10 Å². The Bertz CT molecular complexity index is 437. The Kier molecular flexibility index (Phi) is 2.00. The molecule has 3 aliphatic carbocycles. The van der Waals surface area contributed by atoms with Crippen LogP contribution in [0, 0.1) is 36.5 Å². The average molecular weight is 228 g/mol. The highest BCUT2D eigenvalue weighted by Crippen LogP contribution is 2.72. The Morgan fingerprint density at radius 1 is 1.18 bits per heavy atom. The zero-order chi connectivity index (χ0) is 11.6. The zero-order valence-corrected chi connectivity index (χ0v) is 10.3. The normalized spacial score (nSPS) is 43.5. The highest BCUT2D eigenvalue weighted by atomic mass is 16.3. The van der Waals surface area contributed by atoms with E-state index in [1.54, 1.807) is 0 Å². The molecule has 4 rings (SSSR count). The van der Waals surface area contributed by atoms with Gasteiger partial charge in [0.1, 0.15) is 0 Å². The fraction of sp³-hybridized carbons (Fsp3) is 0.625. The summed E-state index contributed by atoms with van der Waals surface area (Å²) in [6.45, 7) is 2.10. The average Bonchev–Trinajstić information content (AvgIpc) is 2.76. The minimum absolute atomic E-state index is 0.201. The van der Waals surface area contributed by atoms with Gasteiger partial charge < -0.3 is 5.11 Å². The fourth-order valence-corrected chi connectivity index (χ4v) is 4.89. The van der Waals surface area contributed by atoms with Gasteiger partial charge in [-0.2, -0.15) is 0 Å². The molecule has 1 aromatic carbocycles. The number of aryl methyl sites for hydroxylation is 1. The third-order valence-electron chi connectivity index (χ3n) is 5.54. The van der Waals surface area contributed by atoms with E-state index >= 15 is 0 Å². The smallest absolute Gasteiger partial charge is 0.0824 e. The van der Waals surface area contributed by atoms with E-state index in [0.717, 1.165) is 29.2 Å². The number of hydrogen-bond donors (Lipinski definition) is 1. The molecule has 3 saturated carbocycles. The zero-order valence-electron chi connectivity index (χ0n) is 10.3. The van der Waals surface area contributed by atoms with Gasteiger partial charge in [-0.25, -0.2) is 0 Å². The lowest BCUT2D eigenvalue weighted by Crippen LogP contribution is -2.08. The summed E-state index contributed by atoms with van der Waals surface area (Å²) in [6, 6.07) is 8.42. The van der Waals surface area contributed by atoms with Gasteiger partial charge in [0.15, 0.2) is 0 Å². The van der Waals surface area contributed by atoms with Gasteiger partial charge in [0.2, 0.25) is 0 Å². The molecule has 1 aromatic rings. The Hall–Kier alpha value is -0.820. The van der Waals surface area contributed by atoms with E-state index in [0.29, 0.717) is 5.92 Å². The molecule has 1 heteroatoms. The molecule has 3 aliphatic rings. The number of aliphatic hydroxyl groups excluding tert-OH is 1. The lowest BCUT2D eigenvalue weighted by Gasteiger charge is -2.16. The molecule has 0 aliphatic heterocycles. The molecule has 5 atom stereocenters. The van der Waals surface area contributed by atoms with Gasteiger partial charge in [0.25, 0.3) is 0 Å². The summed E-state index contributed by atoms with van der Waals surface area (Å²) < 4.78 is 0. The molecular weight excluding hydrogens is 208 g/mol. The largest absolute Gasteiger partial charge is 0.388 e. The number of rotatable bonds is 2. The molecule has 1 N–H and O–H groups in total. The van der Waals surface area contributed by atoms with Crippen molar-refractivity contribution in [3.63, 3.8) is 0 Å². The van der Waals surface area contributed by atoms with Gasteiger partial charge in [-0.1, -0.05) is 29.8 Å². The molecule has 2 bridgehead atoms. The van der Waals surface area contributed by atoms with E-state index in [1.165, 1.54) is 24.8 Å². The van der Waals surface area contributed by atoms with Crippen LogP contribution in [0.3, 0.4) is 0 Å². The number of aliphatic hydroxyl groups is 1. The summed E-state index contributed by atoms with van der Waals surface area (Å²) >= 11 is 0. The van der Waals surface area contributed by atoms with Gasteiger partial charge in [-0.15, -0.1) is 0 Å². The van der Waals surface area contributed by atoms with Crippen LogP contribution in [0.2, 0.25) is 0 Å². The summed E-state index contributed by atoms with van der Waals surface area (Å²) in [6.07, 6.45) is 4.13. The lowest BCUT2D eigenvalue weighted by molar-refractivity contribution is 0.130. The summed E-state index contributed by atoms with van der Waals surface area (Å²) in [5, 5.41) is 10.6. The van der Waals surface area contributed by atoms with Crippen LogP contribution in [-0.4, -0.2) is 5.11 Å². The number of hydrogen-bond acceptors (Lipinski definition) is 1. The van der Waals surface area contributed by atoms with Crippen LogP contribution < -0.4 is 0 Å². The summed E-state index contributed by atoms with van der Waals surface area (Å²) in [5.74, 6) is 4.22. The number of benzene rings is 1. The molecule has 0 amide bonds. The Morgan fingerprint density at radius 2 is 1.88 bits per heavy atom. The minimum Gasteiger partial charge on any atom is -0.388 e. The van der Waals surface area contributed by atoms with Crippen molar-refractivity contribution in [3.05, 3.63) is 35.4 Å². The lowest BCUT2D eigenvalue weighted by atomic mass is 9.94. The topological polar surface area (TPSA) is 20.2 Å². The van der Waals surface area contributed by atoms with Crippen molar-refractivity contribution in [2.75, 3.05) is 0 Å². The van der Waals surface area contributed by atoms with Crippen LogP contribution in [0.15, 0.2) is 24.3 Å². The van der Waals surface area contributed by atoms with Crippen molar-refractivity contribution >= 4 is 0 Å². The third-order valence-corrected chi connectivity index (χ3v) is 5.54. The molecule has 3 fully saturated rings. The van der Waals surface area contributed by atoms with E-state index in [4.69, 9.17) is 0 Å². The predicted molar refractivity (Wildman–Crippen MR) is 67.4 cm³/mol. The molecule has 5 unspecified atom stereocenters. The summed E-state index contributed by atoms with van der Waals surface area (Å²) in [7, 11) is 0. The number of fused-ring (bicyclic) bond motifs is 5. The van der Waals surface area contributed by atoms with E-state index in [9.17, 15) is 5.11 Å². The van der Waals surface area contributed by atoms with E-state index in [1.807, 2.05) is 0 Å². The maximum Gasteiger partial charge on any atom is 0.0824 e. The summed E-state index contributed by atoms with van der Waals surface area (Å²) in [5.41, 5.74) is 2.40. The SMILES string of the molecule is Cc1cccc(C(O)C2C3C4CCC(C4)C32)c1. The molecule has 0 saturated heterocycles. The third kappa shape index (κ3) is 1.35. The van der Waals surface area contributed by atoms with Gasteiger partial charge >= 0.3 is 0 Å². The van der Waals surface area contributed by atoms with Crippen molar-refractivity contribution in [1.29, 1.82) is 0 Å². The molecule has 1 nitrogen and oxygen atoms in total. The predicted octanol–water partition coefficient (Wildman–Crippen LogP) is 3.32. The van der Waals surface area contributed by atoms with Gasteiger partial charge in [-0.05, 0) is 61.3 Å². The molecule has 0 radical (unpaired) electrons. The first-order valence-corrected chi connectivity index (χ1v) is 7.00. The van der Waals surface area contributed by atoms with E-state index in [2.05, 4.69) is 31.2 Å². The van der Waals surface area contributed by atoms with E-state index < -0.39 is 0 Å². The maximum absolute atomic E-state index is 10.6.